The topological polar surface area (TPSA) is 76.0 Å². The van der Waals surface area contributed by atoms with E-state index in [1.54, 1.807) is 0 Å². The largest absolute Gasteiger partial charge is 0.507 e. The fourth-order valence-electron chi connectivity index (χ4n) is 3.02. The first kappa shape index (κ1) is 23.9. The maximum absolute atomic E-state index is 12.9. The highest BCUT2D eigenvalue weighted by molar-refractivity contribution is 6.05. The molecular formula is C23H34O5. The van der Waals surface area contributed by atoms with Crippen LogP contribution in [0.3, 0.4) is 0 Å². The predicted octanol–water partition coefficient (Wildman–Crippen LogP) is 5.62. The number of aliphatic hydroxyl groups is 2. The zero-order chi connectivity index (χ0) is 21.5. The van der Waals surface area contributed by atoms with E-state index in [1.165, 1.54) is 19.8 Å². The minimum Gasteiger partial charge on any atom is -0.507 e. The van der Waals surface area contributed by atoms with Gasteiger partial charge in [-0.3, -0.25) is 4.79 Å². The van der Waals surface area contributed by atoms with Crippen molar-refractivity contribution in [3.05, 3.63) is 57.6 Å². The molecule has 1 aliphatic carbocycles. The van der Waals surface area contributed by atoms with Crippen molar-refractivity contribution >= 4 is 5.78 Å². The lowest BCUT2D eigenvalue weighted by Gasteiger charge is -2.34. The smallest absolute Gasteiger partial charge is 0.293 e. The average molecular weight is 391 g/mol. The summed E-state index contributed by atoms with van der Waals surface area (Å²) in [6, 6.07) is 0. The molecule has 0 amide bonds. The van der Waals surface area contributed by atoms with Crippen molar-refractivity contribution < 1.29 is 24.5 Å². The minimum atomic E-state index is -1.92. The van der Waals surface area contributed by atoms with Crippen LogP contribution in [0.4, 0.5) is 0 Å². The first-order valence-corrected chi connectivity index (χ1v) is 9.53. The van der Waals surface area contributed by atoms with Gasteiger partial charge in [-0.05, 0) is 60.3 Å². The highest BCUT2D eigenvalue weighted by atomic mass is 16.7. The van der Waals surface area contributed by atoms with Gasteiger partial charge in [-0.25, -0.2) is 0 Å². The monoisotopic (exact) mass is 390 g/mol. The number of allylic oxidation sites excluding steroid dienone is 7. The molecule has 0 saturated heterocycles. The fraction of sp³-hybridized carbons (Fsp3) is 0.522. The normalized spacial score (nSPS) is 17.1. The minimum absolute atomic E-state index is 0.174. The molecule has 0 heterocycles. The fourth-order valence-corrected chi connectivity index (χ4v) is 3.02. The summed E-state index contributed by atoms with van der Waals surface area (Å²) in [5, 5.41) is 21.5. The van der Waals surface area contributed by atoms with E-state index in [0.29, 0.717) is 0 Å². The number of aliphatic hydroxyl groups excluding tert-OH is 2. The maximum Gasteiger partial charge on any atom is 0.293 e. The van der Waals surface area contributed by atoms with Crippen molar-refractivity contribution in [2.45, 2.75) is 66.1 Å². The molecular weight excluding hydrogens is 356 g/mol. The molecule has 0 saturated carbocycles. The Kier molecular flexibility index (Phi) is 8.92. The number of hydrogen-bond donors (Lipinski definition) is 2. The van der Waals surface area contributed by atoms with Gasteiger partial charge in [0.15, 0.2) is 5.76 Å². The van der Waals surface area contributed by atoms with E-state index in [2.05, 4.69) is 19.9 Å². The van der Waals surface area contributed by atoms with Gasteiger partial charge >= 0.3 is 0 Å². The number of rotatable bonds is 9. The van der Waals surface area contributed by atoms with Crippen LogP contribution in [-0.4, -0.2) is 36.0 Å². The van der Waals surface area contributed by atoms with E-state index >= 15 is 0 Å². The number of methoxy groups -OCH3 is 2. The Balaban J connectivity index is 3.30. The number of ether oxygens (including phenoxy) is 2. The molecule has 2 N–H and O–H groups in total. The molecule has 0 atom stereocenters. The first-order chi connectivity index (χ1) is 13.1. The molecule has 0 aromatic carbocycles. The molecule has 0 aromatic rings. The van der Waals surface area contributed by atoms with Crippen LogP contribution in [0.25, 0.3) is 0 Å². The Morgan fingerprint density at radius 1 is 0.893 bits per heavy atom. The first-order valence-electron chi connectivity index (χ1n) is 9.53. The summed E-state index contributed by atoms with van der Waals surface area (Å²) in [6.45, 7) is 9.96. The van der Waals surface area contributed by atoms with E-state index < -0.39 is 17.3 Å². The van der Waals surface area contributed by atoms with Gasteiger partial charge in [-0.2, -0.15) is 0 Å². The van der Waals surface area contributed by atoms with E-state index in [4.69, 9.17) is 9.47 Å². The summed E-state index contributed by atoms with van der Waals surface area (Å²) in [5.74, 6) is -3.10. The lowest BCUT2D eigenvalue weighted by atomic mass is 9.85. The van der Waals surface area contributed by atoms with Gasteiger partial charge in [0, 0.05) is 25.4 Å². The molecule has 0 aliphatic heterocycles. The number of carbonyl (C=O) groups is 1. The highest BCUT2D eigenvalue weighted by Crippen LogP contribution is 2.38. The van der Waals surface area contributed by atoms with Crippen molar-refractivity contribution in [2.75, 3.05) is 14.2 Å². The van der Waals surface area contributed by atoms with Crippen molar-refractivity contribution in [1.82, 2.24) is 0 Å². The van der Waals surface area contributed by atoms with Crippen molar-refractivity contribution in [1.29, 1.82) is 0 Å². The van der Waals surface area contributed by atoms with Gasteiger partial charge in [0.2, 0.25) is 5.78 Å². The van der Waals surface area contributed by atoms with Crippen LogP contribution in [0.1, 0.15) is 60.3 Å². The summed E-state index contributed by atoms with van der Waals surface area (Å²) in [5.41, 5.74) is 3.85. The van der Waals surface area contributed by atoms with Gasteiger partial charge in [0.25, 0.3) is 5.79 Å². The SMILES string of the molecule is COC1(OC)C(=O)C(CC=C(C)C)=C(O)C(C/C=C(\C)CCC=C(C)C)=C1O. The second kappa shape index (κ2) is 10.4. The average Bonchev–Trinajstić information content (AvgIpc) is 2.62. The molecule has 1 rings (SSSR count). The number of ketones is 1. The van der Waals surface area contributed by atoms with Crippen molar-refractivity contribution in [3.8, 4) is 0 Å². The second-order valence-electron chi connectivity index (χ2n) is 7.57. The maximum atomic E-state index is 12.9. The quantitative estimate of drug-likeness (QED) is 0.395. The third-order valence-electron chi connectivity index (χ3n) is 4.78. The van der Waals surface area contributed by atoms with E-state index in [9.17, 15) is 15.0 Å². The van der Waals surface area contributed by atoms with Crippen LogP contribution in [0, 0.1) is 0 Å². The van der Waals surface area contributed by atoms with E-state index in [0.717, 1.165) is 24.0 Å². The van der Waals surface area contributed by atoms with Crippen LogP contribution in [0.2, 0.25) is 0 Å². The Labute approximate surface area is 168 Å². The molecule has 0 unspecified atom stereocenters. The number of carbonyl (C=O) groups excluding carboxylic acids is 1. The summed E-state index contributed by atoms with van der Waals surface area (Å²) in [4.78, 5) is 12.9. The predicted molar refractivity (Wildman–Crippen MR) is 112 cm³/mol. The van der Waals surface area contributed by atoms with Crippen LogP contribution in [0.15, 0.2) is 57.6 Å². The van der Waals surface area contributed by atoms with Gasteiger partial charge in [0.1, 0.15) is 5.76 Å². The number of Topliss-reactive ketones (excluding diaryl/α,β-unsaturated/α-hetero) is 1. The Morgan fingerprint density at radius 2 is 1.43 bits per heavy atom. The molecule has 28 heavy (non-hydrogen) atoms. The summed E-state index contributed by atoms with van der Waals surface area (Å²) < 4.78 is 10.6. The molecule has 0 fully saturated rings. The molecule has 0 spiro atoms. The zero-order valence-corrected chi connectivity index (χ0v) is 18.2. The lowest BCUT2D eigenvalue weighted by Crippen LogP contribution is -2.48. The van der Waals surface area contributed by atoms with Crippen molar-refractivity contribution in [2.24, 2.45) is 0 Å². The lowest BCUT2D eigenvalue weighted by molar-refractivity contribution is -0.199. The van der Waals surface area contributed by atoms with Gasteiger partial charge < -0.3 is 19.7 Å². The Hall–Kier alpha value is -2.11. The molecule has 5 heteroatoms. The summed E-state index contributed by atoms with van der Waals surface area (Å²) in [7, 11) is 2.60. The summed E-state index contributed by atoms with van der Waals surface area (Å²) in [6.07, 6.45) is 8.29. The highest BCUT2D eigenvalue weighted by Gasteiger charge is 2.50. The summed E-state index contributed by atoms with van der Waals surface area (Å²) >= 11 is 0. The molecule has 0 bridgehead atoms. The molecule has 156 valence electrons. The van der Waals surface area contributed by atoms with Crippen LogP contribution in [-0.2, 0) is 14.3 Å². The van der Waals surface area contributed by atoms with Crippen LogP contribution in [0.5, 0.6) is 0 Å². The van der Waals surface area contributed by atoms with E-state index in [1.807, 2.05) is 32.9 Å². The zero-order valence-electron chi connectivity index (χ0n) is 18.2. The second-order valence-corrected chi connectivity index (χ2v) is 7.57. The Bertz CT molecular complexity index is 735. The molecule has 1 aliphatic rings. The third kappa shape index (κ3) is 5.46. The van der Waals surface area contributed by atoms with Gasteiger partial charge in [-0.15, -0.1) is 0 Å². The van der Waals surface area contributed by atoms with Crippen molar-refractivity contribution in [3.63, 3.8) is 0 Å². The van der Waals surface area contributed by atoms with Crippen LogP contribution >= 0.6 is 0 Å². The van der Waals surface area contributed by atoms with Gasteiger partial charge in [0.05, 0.1) is 0 Å². The molecule has 5 nitrogen and oxygen atoms in total. The third-order valence-corrected chi connectivity index (χ3v) is 4.78. The van der Waals surface area contributed by atoms with Gasteiger partial charge in [-0.1, -0.05) is 34.9 Å². The number of hydrogen-bond acceptors (Lipinski definition) is 5. The van der Waals surface area contributed by atoms with Crippen LogP contribution < -0.4 is 0 Å². The molecule has 0 aromatic heterocycles. The molecule has 0 radical (unpaired) electrons. The Morgan fingerprint density at radius 3 is 1.93 bits per heavy atom. The standard InChI is InChI=1S/C23H34O5/c1-15(2)9-8-10-17(5)12-14-19-20(24)18(13-11-16(3)4)21(25)23(27-6,28-7)22(19)26/h9,11-12,24,26H,8,10,13-14H2,1-7H3/b17-12+. The van der Waals surface area contributed by atoms with E-state index in [-0.39, 0.29) is 29.7 Å².